The maximum Gasteiger partial charge on any atom is 0.118 e. The molecule has 0 aliphatic carbocycles. The Labute approximate surface area is 123 Å². The van der Waals surface area contributed by atoms with Gasteiger partial charge in [0.2, 0.25) is 0 Å². The van der Waals surface area contributed by atoms with E-state index in [4.69, 9.17) is 6.42 Å². The lowest BCUT2D eigenvalue weighted by Crippen LogP contribution is -2.43. The number of aliphatic hydroxyl groups is 1. The summed E-state index contributed by atoms with van der Waals surface area (Å²) in [6, 6.07) is 0.532. The monoisotopic (exact) mass is 273 g/mol. The molecular formula is C18H27NO. The summed E-state index contributed by atoms with van der Waals surface area (Å²) in [6.45, 7) is 10.7. The smallest absolute Gasteiger partial charge is 0.118 e. The molecule has 20 heavy (non-hydrogen) atoms. The van der Waals surface area contributed by atoms with Crippen molar-refractivity contribution in [3.63, 3.8) is 0 Å². The molecule has 1 heterocycles. The van der Waals surface area contributed by atoms with E-state index >= 15 is 0 Å². The molecule has 1 aliphatic heterocycles. The fourth-order valence-corrected chi connectivity index (χ4v) is 2.78. The average Bonchev–Trinajstić information content (AvgIpc) is 2.46. The molecule has 0 aromatic rings. The van der Waals surface area contributed by atoms with Gasteiger partial charge in [-0.25, -0.2) is 0 Å². The van der Waals surface area contributed by atoms with E-state index < -0.39 is 0 Å². The first kappa shape index (κ1) is 16.6. The zero-order valence-electron chi connectivity index (χ0n) is 12.9. The van der Waals surface area contributed by atoms with E-state index in [2.05, 4.69) is 31.7 Å². The number of allylic oxidation sites excluding steroid dienone is 4. The Morgan fingerprint density at radius 2 is 2.20 bits per heavy atom. The molecule has 110 valence electrons. The highest BCUT2D eigenvalue weighted by atomic mass is 16.3. The Kier molecular flexibility index (Phi) is 6.61. The van der Waals surface area contributed by atoms with Crippen LogP contribution >= 0.6 is 0 Å². The molecular weight excluding hydrogens is 246 g/mol. The predicted molar refractivity (Wildman–Crippen MR) is 86.4 cm³/mol. The van der Waals surface area contributed by atoms with Crippen LogP contribution < -0.4 is 5.32 Å². The highest BCUT2D eigenvalue weighted by Crippen LogP contribution is 2.30. The lowest BCUT2D eigenvalue weighted by atomic mass is 9.78. The predicted octanol–water partition coefficient (Wildman–Crippen LogP) is 3.98. The standard InChI is InChI=1S/C18H27NO/c1-6-9-16-11-17(15(8-3)12-19-16)14(5)10-18(20)13(4)7-2/h3,7,10,15-17,19-20H,2,6,9,11-12H2,1,4-5H3/b14-10+,18-13+/t15?,16?,17-/m0/s1. The maximum atomic E-state index is 10.0. The van der Waals surface area contributed by atoms with Gasteiger partial charge in [0.25, 0.3) is 0 Å². The quantitative estimate of drug-likeness (QED) is 0.451. The first-order chi connectivity index (χ1) is 9.53. The second-order valence-electron chi connectivity index (χ2n) is 5.67. The average molecular weight is 273 g/mol. The van der Waals surface area contributed by atoms with Crippen LogP contribution in [0.4, 0.5) is 0 Å². The van der Waals surface area contributed by atoms with Crippen molar-refractivity contribution in [1.82, 2.24) is 5.32 Å². The summed E-state index contributed by atoms with van der Waals surface area (Å²) in [7, 11) is 0. The fraction of sp³-hybridized carbons (Fsp3) is 0.556. The van der Waals surface area contributed by atoms with Crippen LogP contribution in [0.1, 0.15) is 40.0 Å². The van der Waals surface area contributed by atoms with Gasteiger partial charge in [-0.3, -0.25) is 0 Å². The molecule has 0 spiro atoms. The zero-order valence-corrected chi connectivity index (χ0v) is 12.9. The van der Waals surface area contributed by atoms with Gasteiger partial charge >= 0.3 is 0 Å². The van der Waals surface area contributed by atoms with Crippen molar-refractivity contribution in [2.75, 3.05) is 6.54 Å². The lowest BCUT2D eigenvalue weighted by molar-refractivity contribution is 0.272. The van der Waals surface area contributed by atoms with Gasteiger partial charge in [0.15, 0.2) is 0 Å². The molecule has 1 fully saturated rings. The molecule has 3 atom stereocenters. The Bertz CT molecular complexity index is 439. The Morgan fingerprint density at radius 1 is 1.50 bits per heavy atom. The molecule has 1 aliphatic rings. The van der Waals surface area contributed by atoms with E-state index in [1.54, 1.807) is 6.08 Å². The van der Waals surface area contributed by atoms with Crippen molar-refractivity contribution in [3.05, 3.63) is 35.6 Å². The lowest BCUT2D eigenvalue weighted by Gasteiger charge is -2.35. The summed E-state index contributed by atoms with van der Waals surface area (Å²) in [5.41, 5.74) is 1.95. The number of nitrogens with one attached hydrogen (secondary N) is 1. The molecule has 1 rings (SSSR count). The minimum atomic E-state index is 0.205. The van der Waals surface area contributed by atoms with Crippen LogP contribution in [0.5, 0.6) is 0 Å². The Balaban J connectivity index is 2.91. The van der Waals surface area contributed by atoms with Crippen molar-refractivity contribution in [1.29, 1.82) is 0 Å². The van der Waals surface area contributed by atoms with Gasteiger partial charge in [-0.05, 0) is 44.3 Å². The molecule has 0 amide bonds. The number of rotatable bonds is 5. The number of aliphatic hydroxyl groups excluding tert-OH is 1. The number of terminal acetylenes is 1. The normalized spacial score (nSPS) is 28.5. The van der Waals surface area contributed by atoms with Crippen molar-refractivity contribution in [3.8, 4) is 12.3 Å². The Hall–Kier alpha value is -1.46. The van der Waals surface area contributed by atoms with Gasteiger partial charge in [-0.1, -0.05) is 31.6 Å². The van der Waals surface area contributed by atoms with Crippen LogP contribution in [0, 0.1) is 24.2 Å². The van der Waals surface area contributed by atoms with Crippen LogP contribution in [0.25, 0.3) is 0 Å². The fourth-order valence-electron chi connectivity index (χ4n) is 2.78. The van der Waals surface area contributed by atoms with Gasteiger partial charge in [-0.2, -0.15) is 0 Å². The third-order valence-electron chi connectivity index (χ3n) is 4.16. The second-order valence-corrected chi connectivity index (χ2v) is 5.67. The van der Waals surface area contributed by atoms with Crippen molar-refractivity contribution in [2.24, 2.45) is 11.8 Å². The molecule has 0 aromatic carbocycles. The van der Waals surface area contributed by atoms with Gasteiger partial charge in [0.05, 0.1) is 0 Å². The molecule has 2 N–H and O–H groups in total. The van der Waals surface area contributed by atoms with Gasteiger partial charge in [-0.15, -0.1) is 12.3 Å². The first-order valence-electron chi connectivity index (χ1n) is 7.43. The van der Waals surface area contributed by atoms with E-state index in [0.29, 0.717) is 17.7 Å². The topological polar surface area (TPSA) is 32.3 Å². The highest BCUT2D eigenvalue weighted by Gasteiger charge is 2.29. The number of hydrogen-bond acceptors (Lipinski definition) is 2. The van der Waals surface area contributed by atoms with Gasteiger partial charge in [0.1, 0.15) is 5.76 Å². The molecule has 2 heteroatoms. The summed E-state index contributed by atoms with van der Waals surface area (Å²) in [4.78, 5) is 0. The van der Waals surface area contributed by atoms with Crippen LogP contribution in [0.3, 0.4) is 0 Å². The van der Waals surface area contributed by atoms with Gasteiger partial charge in [0, 0.05) is 18.5 Å². The zero-order chi connectivity index (χ0) is 15.1. The van der Waals surface area contributed by atoms with E-state index in [0.717, 1.165) is 24.1 Å². The van der Waals surface area contributed by atoms with E-state index in [-0.39, 0.29) is 5.92 Å². The van der Waals surface area contributed by atoms with Crippen LogP contribution in [0.2, 0.25) is 0 Å². The largest absolute Gasteiger partial charge is 0.508 e. The van der Waals surface area contributed by atoms with Crippen LogP contribution in [0.15, 0.2) is 35.6 Å². The molecule has 0 bridgehead atoms. The van der Waals surface area contributed by atoms with Gasteiger partial charge < -0.3 is 10.4 Å². The minimum absolute atomic E-state index is 0.205. The third-order valence-corrected chi connectivity index (χ3v) is 4.16. The van der Waals surface area contributed by atoms with E-state index in [1.807, 2.05) is 13.0 Å². The van der Waals surface area contributed by atoms with Crippen LogP contribution in [-0.4, -0.2) is 17.7 Å². The van der Waals surface area contributed by atoms with E-state index in [9.17, 15) is 5.11 Å². The van der Waals surface area contributed by atoms with Crippen molar-refractivity contribution < 1.29 is 5.11 Å². The Morgan fingerprint density at radius 3 is 2.75 bits per heavy atom. The summed E-state index contributed by atoms with van der Waals surface area (Å²) in [5, 5.41) is 13.5. The van der Waals surface area contributed by atoms with Crippen molar-refractivity contribution >= 4 is 0 Å². The molecule has 2 nitrogen and oxygen atoms in total. The van der Waals surface area contributed by atoms with E-state index in [1.165, 1.54) is 12.8 Å². The highest BCUT2D eigenvalue weighted by molar-refractivity contribution is 5.29. The first-order valence-corrected chi connectivity index (χ1v) is 7.43. The third kappa shape index (κ3) is 4.28. The molecule has 1 saturated heterocycles. The molecule has 0 saturated carbocycles. The summed E-state index contributed by atoms with van der Waals surface area (Å²) < 4.78 is 0. The molecule has 0 radical (unpaired) electrons. The summed E-state index contributed by atoms with van der Waals surface area (Å²) in [5.74, 6) is 3.73. The number of piperidine rings is 1. The van der Waals surface area contributed by atoms with Crippen molar-refractivity contribution in [2.45, 2.75) is 46.1 Å². The second kappa shape index (κ2) is 7.97. The number of hydrogen-bond donors (Lipinski definition) is 2. The summed E-state index contributed by atoms with van der Waals surface area (Å²) in [6.07, 6.45) is 12.6. The minimum Gasteiger partial charge on any atom is -0.508 e. The SMILES string of the molecule is C#CC1CNC(CCC)C[C@H]1/C(C)=C/C(O)=C(/C)C=C. The van der Waals surface area contributed by atoms with Crippen LogP contribution in [-0.2, 0) is 0 Å². The maximum absolute atomic E-state index is 10.0. The summed E-state index contributed by atoms with van der Waals surface area (Å²) >= 11 is 0. The molecule has 2 unspecified atom stereocenters. The molecule has 0 aromatic heterocycles.